The lowest BCUT2D eigenvalue weighted by Crippen LogP contribution is -2.44. The Morgan fingerprint density at radius 3 is 2.36 bits per heavy atom. The van der Waals surface area contributed by atoms with Crippen molar-refractivity contribution in [3.8, 4) is 0 Å². The molecule has 1 amide bonds. The maximum absolute atomic E-state index is 12.2. The number of nitrogens with one attached hydrogen (secondary N) is 3. The molecule has 12 heteroatoms. The summed E-state index contributed by atoms with van der Waals surface area (Å²) in [4.78, 5) is 12.2. The molecule has 0 radical (unpaired) electrons. The van der Waals surface area contributed by atoms with Crippen LogP contribution in [0.4, 0.5) is 5.69 Å². The predicted molar refractivity (Wildman–Crippen MR) is 100 cm³/mol. The van der Waals surface area contributed by atoms with E-state index < -0.39 is 15.9 Å². The lowest BCUT2D eigenvalue weighted by atomic mass is 10.3. The maximum Gasteiger partial charge on any atom is 0.289 e. The molecule has 2 aromatic rings. The van der Waals surface area contributed by atoms with E-state index in [1.165, 1.54) is 28.9 Å². The van der Waals surface area contributed by atoms with Crippen LogP contribution in [0.5, 0.6) is 0 Å². The molecular formula is C13H15BrN6O3S2. The average molecular weight is 447 g/mol. The fourth-order valence-electron chi connectivity index (χ4n) is 1.94. The number of carbonyl (C=O) groups is 1. The van der Waals surface area contributed by atoms with Gasteiger partial charge in [-0.2, -0.15) is 5.10 Å². The maximum atomic E-state index is 12.2. The minimum Gasteiger partial charge on any atom is -0.331 e. The Hall–Kier alpha value is -2.02. The van der Waals surface area contributed by atoms with Crippen molar-refractivity contribution in [1.29, 1.82) is 0 Å². The second kappa shape index (κ2) is 7.47. The summed E-state index contributed by atoms with van der Waals surface area (Å²) in [7, 11) is -2.10. The van der Waals surface area contributed by atoms with Crippen molar-refractivity contribution in [3.63, 3.8) is 0 Å². The Morgan fingerprint density at radius 1 is 1.28 bits per heavy atom. The van der Waals surface area contributed by atoms with E-state index in [0.29, 0.717) is 21.5 Å². The molecule has 0 saturated heterocycles. The molecule has 2 rings (SSSR count). The number of hydrogen-bond donors (Lipinski definition) is 4. The number of primary sulfonamides is 1. The van der Waals surface area contributed by atoms with Gasteiger partial charge < -0.3 is 5.32 Å². The van der Waals surface area contributed by atoms with Crippen molar-refractivity contribution in [2.24, 2.45) is 12.2 Å². The molecule has 0 saturated carbocycles. The smallest absolute Gasteiger partial charge is 0.289 e. The van der Waals surface area contributed by atoms with Gasteiger partial charge in [-0.25, -0.2) is 13.6 Å². The Morgan fingerprint density at radius 2 is 1.88 bits per heavy atom. The van der Waals surface area contributed by atoms with E-state index in [-0.39, 0.29) is 10.0 Å². The van der Waals surface area contributed by atoms with E-state index in [2.05, 4.69) is 37.2 Å². The Kier molecular flexibility index (Phi) is 5.77. The standard InChI is InChI=1S/C13H15BrN6O3S2/c1-7-10(14)11(20(2)19-7)12(21)17-18-13(24)16-8-3-5-9(6-4-8)25(15,22)23/h3-6H,1-2H3,(H,17,21)(H2,15,22,23)(H2,16,18,24). The van der Waals surface area contributed by atoms with Gasteiger partial charge in [-0.05, 0) is 59.3 Å². The Balaban J connectivity index is 1.95. The van der Waals surface area contributed by atoms with Gasteiger partial charge in [0.15, 0.2) is 5.11 Å². The molecule has 0 bridgehead atoms. The number of aryl methyl sites for hydroxylation is 2. The third kappa shape index (κ3) is 4.75. The first-order valence-corrected chi connectivity index (χ1v) is 9.53. The van der Waals surface area contributed by atoms with Gasteiger partial charge >= 0.3 is 0 Å². The summed E-state index contributed by atoms with van der Waals surface area (Å²) in [5, 5.41) is 12.1. The van der Waals surface area contributed by atoms with Gasteiger partial charge in [-0.3, -0.25) is 20.3 Å². The van der Waals surface area contributed by atoms with Crippen LogP contribution in [0.1, 0.15) is 16.2 Å². The van der Waals surface area contributed by atoms with Gasteiger partial charge in [0.2, 0.25) is 10.0 Å². The summed E-state index contributed by atoms with van der Waals surface area (Å²) in [6.07, 6.45) is 0. The Bertz CT molecular complexity index is 924. The summed E-state index contributed by atoms with van der Waals surface area (Å²) in [6.45, 7) is 1.77. The molecule has 9 nitrogen and oxygen atoms in total. The minimum absolute atomic E-state index is 0.0124. The number of sulfonamides is 1. The molecule has 25 heavy (non-hydrogen) atoms. The largest absolute Gasteiger partial charge is 0.331 e. The second-order valence-electron chi connectivity index (χ2n) is 4.97. The van der Waals surface area contributed by atoms with Crippen molar-refractivity contribution >= 4 is 54.9 Å². The van der Waals surface area contributed by atoms with Crippen molar-refractivity contribution in [2.45, 2.75) is 11.8 Å². The summed E-state index contributed by atoms with van der Waals surface area (Å²) in [5.74, 6) is -0.427. The molecule has 1 aromatic carbocycles. The number of hydrogen-bond acceptors (Lipinski definition) is 5. The molecule has 0 aliphatic carbocycles. The van der Waals surface area contributed by atoms with Crippen LogP contribution in [-0.4, -0.2) is 29.2 Å². The molecule has 0 fully saturated rings. The zero-order chi connectivity index (χ0) is 18.8. The number of nitrogens with two attached hydrogens (primary N) is 1. The third-order valence-corrected chi connectivity index (χ3v) is 5.18. The number of nitrogens with zero attached hydrogens (tertiary/aromatic N) is 2. The SMILES string of the molecule is Cc1nn(C)c(C(=O)NNC(=S)Nc2ccc(S(N)(=O)=O)cc2)c1Br. The van der Waals surface area contributed by atoms with Gasteiger partial charge in [-0.15, -0.1) is 0 Å². The number of halogens is 1. The lowest BCUT2D eigenvalue weighted by molar-refractivity contribution is 0.0934. The van der Waals surface area contributed by atoms with Crippen LogP contribution in [0.15, 0.2) is 33.6 Å². The number of benzene rings is 1. The van der Waals surface area contributed by atoms with Crippen LogP contribution in [-0.2, 0) is 17.1 Å². The summed E-state index contributed by atoms with van der Waals surface area (Å²) >= 11 is 8.37. The highest BCUT2D eigenvalue weighted by Crippen LogP contribution is 2.19. The second-order valence-corrected chi connectivity index (χ2v) is 7.74. The first-order valence-electron chi connectivity index (χ1n) is 6.79. The Labute approximate surface area is 158 Å². The predicted octanol–water partition coefficient (Wildman–Crippen LogP) is 0.770. The zero-order valence-corrected chi connectivity index (χ0v) is 16.4. The summed E-state index contributed by atoms with van der Waals surface area (Å²) < 4.78 is 24.4. The van der Waals surface area contributed by atoms with Crippen LogP contribution >= 0.6 is 28.1 Å². The number of aromatic nitrogens is 2. The first kappa shape index (κ1) is 19.3. The van der Waals surface area contributed by atoms with Crippen LogP contribution < -0.4 is 21.3 Å². The fraction of sp³-hybridized carbons (Fsp3) is 0.154. The number of thiocarbonyl (C=S) groups is 1. The van der Waals surface area contributed by atoms with Crippen LogP contribution in [0.25, 0.3) is 0 Å². The average Bonchev–Trinajstić information content (AvgIpc) is 2.77. The van der Waals surface area contributed by atoms with E-state index in [0.717, 1.165) is 0 Å². The van der Waals surface area contributed by atoms with Gasteiger partial charge in [0, 0.05) is 12.7 Å². The third-order valence-electron chi connectivity index (χ3n) is 3.09. The van der Waals surface area contributed by atoms with Crippen molar-refractivity contribution in [2.75, 3.05) is 5.32 Å². The van der Waals surface area contributed by atoms with Gasteiger partial charge in [0.05, 0.1) is 15.1 Å². The number of rotatable bonds is 3. The monoisotopic (exact) mass is 446 g/mol. The van der Waals surface area contributed by atoms with Crippen molar-refractivity contribution < 1.29 is 13.2 Å². The molecule has 0 atom stereocenters. The minimum atomic E-state index is -3.75. The molecule has 0 aliphatic rings. The van der Waals surface area contributed by atoms with E-state index >= 15 is 0 Å². The number of anilines is 1. The molecule has 5 N–H and O–H groups in total. The number of hydrazine groups is 1. The number of carbonyl (C=O) groups excluding carboxylic acids is 1. The first-order chi connectivity index (χ1) is 11.6. The molecule has 1 aromatic heterocycles. The van der Waals surface area contributed by atoms with Crippen LogP contribution in [0.2, 0.25) is 0 Å². The number of amides is 1. The molecule has 134 valence electrons. The summed E-state index contributed by atoms with van der Waals surface area (Å²) in [5.41, 5.74) is 6.55. The van der Waals surface area contributed by atoms with Crippen LogP contribution in [0, 0.1) is 6.92 Å². The zero-order valence-electron chi connectivity index (χ0n) is 13.2. The highest BCUT2D eigenvalue weighted by molar-refractivity contribution is 9.10. The van der Waals surface area contributed by atoms with Crippen molar-refractivity contribution in [3.05, 3.63) is 40.1 Å². The molecule has 0 spiro atoms. The van der Waals surface area contributed by atoms with Crippen molar-refractivity contribution in [1.82, 2.24) is 20.6 Å². The lowest BCUT2D eigenvalue weighted by Gasteiger charge is -2.12. The van der Waals surface area contributed by atoms with Gasteiger partial charge in [0.25, 0.3) is 5.91 Å². The van der Waals surface area contributed by atoms with E-state index in [9.17, 15) is 13.2 Å². The van der Waals surface area contributed by atoms with Gasteiger partial charge in [-0.1, -0.05) is 0 Å². The highest BCUT2D eigenvalue weighted by atomic mass is 79.9. The molecular weight excluding hydrogens is 432 g/mol. The quantitative estimate of drug-likeness (QED) is 0.404. The summed E-state index contributed by atoms with van der Waals surface area (Å²) in [6, 6.07) is 5.68. The highest BCUT2D eigenvalue weighted by Gasteiger charge is 2.18. The van der Waals surface area contributed by atoms with E-state index in [1.54, 1.807) is 14.0 Å². The molecule has 0 unspecified atom stereocenters. The van der Waals surface area contributed by atoms with E-state index in [1.807, 2.05) is 0 Å². The normalized spacial score (nSPS) is 11.0. The fourth-order valence-corrected chi connectivity index (χ4v) is 3.14. The van der Waals surface area contributed by atoms with Gasteiger partial charge in [0.1, 0.15) is 5.69 Å². The molecule has 1 heterocycles. The topological polar surface area (TPSA) is 131 Å². The van der Waals surface area contributed by atoms with Crippen LogP contribution in [0.3, 0.4) is 0 Å². The molecule has 0 aliphatic heterocycles. The van der Waals surface area contributed by atoms with E-state index in [4.69, 9.17) is 17.4 Å².